The van der Waals surface area contributed by atoms with Crippen LogP contribution in [0, 0.1) is 0 Å². The normalized spacial score (nSPS) is 24.0. The molecule has 0 saturated carbocycles. The van der Waals surface area contributed by atoms with Crippen LogP contribution in [-0.4, -0.2) is 16.3 Å². The first-order chi connectivity index (χ1) is 11.3. The Morgan fingerprint density at radius 3 is 2.74 bits per heavy atom. The van der Waals surface area contributed by atoms with Gasteiger partial charge in [0.05, 0.1) is 11.7 Å². The third kappa shape index (κ3) is 3.61. The summed E-state index contributed by atoms with van der Waals surface area (Å²) in [6, 6.07) is 15.2. The lowest BCUT2D eigenvalue weighted by Crippen LogP contribution is -2.48. The van der Waals surface area contributed by atoms with Crippen LogP contribution in [-0.2, 0) is 0 Å². The Balaban J connectivity index is 2.01. The van der Waals surface area contributed by atoms with Crippen molar-refractivity contribution in [3.05, 3.63) is 59.9 Å². The summed E-state index contributed by atoms with van der Waals surface area (Å²) < 4.78 is 0. The van der Waals surface area contributed by atoms with E-state index in [0.29, 0.717) is 0 Å². The highest BCUT2D eigenvalue weighted by atomic mass is 32.2. The van der Waals surface area contributed by atoms with Crippen LogP contribution in [0.1, 0.15) is 56.8 Å². The van der Waals surface area contributed by atoms with Gasteiger partial charge in [-0.05, 0) is 36.6 Å². The number of pyridine rings is 1. The Bertz CT molecular complexity index is 629. The first-order valence-corrected chi connectivity index (χ1v) is 9.67. The van der Waals surface area contributed by atoms with Gasteiger partial charge in [-0.25, -0.2) is 0 Å². The molecule has 0 spiro atoms. The minimum atomic E-state index is 0.180. The molecule has 23 heavy (non-hydrogen) atoms. The summed E-state index contributed by atoms with van der Waals surface area (Å²) >= 11 is 2.00. The van der Waals surface area contributed by atoms with Crippen molar-refractivity contribution in [2.75, 3.05) is 5.75 Å². The molecule has 1 aliphatic heterocycles. The Hall–Kier alpha value is -1.32. The Morgan fingerprint density at radius 2 is 2.00 bits per heavy atom. The van der Waals surface area contributed by atoms with E-state index in [1.807, 2.05) is 24.0 Å². The molecule has 0 unspecified atom stereocenters. The molecule has 0 amide bonds. The summed E-state index contributed by atoms with van der Waals surface area (Å²) in [4.78, 5) is 6.04. The average molecular weight is 327 g/mol. The van der Waals surface area contributed by atoms with Crippen LogP contribution < -0.4 is 5.32 Å². The van der Waals surface area contributed by atoms with Gasteiger partial charge >= 0.3 is 0 Å². The maximum atomic E-state index is 4.65. The number of nitrogens with one attached hydrogen (secondary N) is 1. The topological polar surface area (TPSA) is 24.9 Å². The number of fused-ring (bicyclic) bond motifs is 1. The summed E-state index contributed by atoms with van der Waals surface area (Å²) in [6.07, 6.45) is 6.79. The van der Waals surface area contributed by atoms with Gasteiger partial charge in [-0.1, -0.05) is 51.0 Å². The van der Waals surface area contributed by atoms with Gasteiger partial charge < -0.3 is 0 Å². The highest BCUT2D eigenvalue weighted by Crippen LogP contribution is 2.40. The molecule has 2 nitrogen and oxygen atoms in total. The van der Waals surface area contributed by atoms with Gasteiger partial charge in [0, 0.05) is 22.4 Å². The fourth-order valence-electron chi connectivity index (χ4n) is 3.31. The van der Waals surface area contributed by atoms with Crippen molar-refractivity contribution in [3.63, 3.8) is 0 Å². The molecule has 0 aliphatic carbocycles. The molecule has 0 radical (unpaired) electrons. The van der Waals surface area contributed by atoms with E-state index in [2.05, 4.69) is 60.5 Å². The minimum absolute atomic E-state index is 0.180. The van der Waals surface area contributed by atoms with Crippen molar-refractivity contribution < 1.29 is 0 Å². The summed E-state index contributed by atoms with van der Waals surface area (Å²) in [6.45, 7) is 4.59. The Morgan fingerprint density at radius 1 is 1.17 bits per heavy atom. The molecule has 2 atom stereocenters. The lowest BCUT2D eigenvalue weighted by atomic mass is 9.89. The molecule has 2 aromatic rings. The van der Waals surface area contributed by atoms with E-state index in [9.17, 15) is 0 Å². The van der Waals surface area contributed by atoms with Crippen molar-refractivity contribution >= 4 is 11.8 Å². The van der Waals surface area contributed by atoms with Gasteiger partial charge in [0.15, 0.2) is 0 Å². The first-order valence-electron chi connectivity index (χ1n) is 8.68. The molecule has 2 heterocycles. The van der Waals surface area contributed by atoms with Crippen LogP contribution in [0.5, 0.6) is 0 Å². The van der Waals surface area contributed by atoms with E-state index >= 15 is 0 Å². The zero-order chi connectivity index (χ0) is 16.1. The molecule has 1 aromatic carbocycles. The van der Waals surface area contributed by atoms with Crippen molar-refractivity contribution in [1.82, 2.24) is 10.3 Å². The van der Waals surface area contributed by atoms with E-state index < -0.39 is 0 Å². The fraction of sp³-hybridized carbons (Fsp3) is 0.450. The lowest BCUT2D eigenvalue weighted by Gasteiger charge is -2.35. The number of aromatic nitrogens is 1. The molecule has 122 valence electrons. The molecule has 0 fully saturated rings. The van der Waals surface area contributed by atoms with Gasteiger partial charge in [-0.15, -0.1) is 11.8 Å². The second-order valence-electron chi connectivity index (χ2n) is 6.40. The predicted octanol–water partition coefficient (Wildman–Crippen LogP) is 5.21. The van der Waals surface area contributed by atoms with E-state index in [4.69, 9.17) is 0 Å². The average Bonchev–Trinajstić information content (AvgIpc) is 2.79. The summed E-state index contributed by atoms with van der Waals surface area (Å²) in [5, 5.41) is 4.00. The quantitative estimate of drug-likeness (QED) is 0.817. The van der Waals surface area contributed by atoms with Crippen molar-refractivity contribution in [3.8, 4) is 0 Å². The molecule has 3 heteroatoms. The third-order valence-electron chi connectivity index (χ3n) is 4.85. The van der Waals surface area contributed by atoms with Crippen LogP contribution in [0.4, 0.5) is 0 Å². The zero-order valence-electron chi connectivity index (χ0n) is 14.1. The monoisotopic (exact) mass is 326 g/mol. The molecule has 1 aromatic heterocycles. The van der Waals surface area contributed by atoms with E-state index in [0.717, 1.165) is 17.9 Å². The smallest absolute Gasteiger partial charge is 0.0766 e. The summed E-state index contributed by atoms with van der Waals surface area (Å²) in [5.41, 5.74) is 2.67. The number of hydrogen-bond acceptors (Lipinski definition) is 3. The second kappa shape index (κ2) is 7.50. The van der Waals surface area contributed by atoms with Crippen LogP contribution in [0.25, 0.3) is 0 Å². The summed E-state index contributed by atoms with van der Waals surface area (Å²) in [7, 11) is 0. The highest BCUT2D eigenvalue weighted by molar-refractivity contribution is 7.99. The first kappa shape index (κ1) is 16.5. The van der Waals surface area contributed by atoms with Crippen molar-refractivity contribution in [2.24, 2.45) is 0 Å². The van der Waals surface area contributed by atoms with Gasteiger partial charge in [0.1, 0.15) is 0 Å². The van der Waals surface area contributed by atoms with Gasteiger partial charge in [-0.2, -0.15) is 0 Å². The Kier molecular flexibility index (Phi) is 5.39. The molecule has 3 rings (SSSR count). The van der Waals surface area contributed by atoms with Crippen LogP contribution in [0.3, 0.4) is 0 Å². The van der Waals surface area contributed by atoms with E-state index in [1.165, 1.54) is 29.7 Å². The lowest BCUT2D eigenvalue weighted by molar-refractivity contribution is 0.296. The molecule has 1 aliphatic rings. The number of unbranched alkanes of at least 4 members (excludes halogenated alkanes) is 1. The largest absolute Gasteiger partial charge is 0.299 e. The Labute approximate surface area is 144 Å². The van der Waals surface area contributed by atoms with Crippen molar-refractivity contribution in [2.45, 2.75) is 56.0 Å². The minimum Gasteiger partial charge on any atom is -0.299 e. The standard InChI is InChI=1S/C20H26N2S/c1-3-5-13-20(4-2)15-23-18-12-7-6-10-16(18)19(22-20)17-11-8-9-14-21-17/h6-12,14,19,22H,3-5,13,15H2,1-2H3/t19-,20-/m1/s1. The van der Waals surface area contributed by atoms with Crippen LogP contribution in [0.2, 0.25) is 0 Å². The highest BCUT2D eigenvalue weighted by Gasteiger charge is 2.35. The van der Waals surface area contributed by atoms with E-state index in [1.54, 1.807) is 0 Å². The van der Waals surface area contributed by atoms with Crippen LogP contribution in [0.15, 0.2) is 53.6 Å². The number of nitrogens with zero attached hydrogens (tertiary/aromatic N) is 1. The number of hydrogen-bond donors (Lipinski definition) is 1. The molecule has 0 saturated heterocycles. The second-order valence-corrected chi connectivity index (χ2v) is 7.41. The van der Waals surface area contributed by atoms with Crippen molar-refractivity contribution in [1.29, 1.82) is 0 Å². The van der Waals surface area contributed by atoms with Gasteiger partial charge in [0.2, 0.25) is 0 Å². The molecule has 1 N–H and O–H groups in total. The SMILES string of the molecule is CCCC[C@]1(CC)CSc2ccccc2[C@H](c2ccccn2)N1. The number of rotatable bonds is 5. The van der Waals surface area contributed by atoms with Gasteiger partial charge in [-0.3, -0.25) is 10.3 Å². The summed E-state index contributed by atoms with van der Waals surface area (Å²) in [5.74, 6) is 1.13. The number of thioether (sulfide) groups is 1. The maximum absolute atomic E-state index is 4.65. The molecular weight excluding hydrogens is 300 g/mol. The molecular formula is C20H26N2S. The maximum Gasteiger partial charge on any atom is 0.0766 e. The predicted molar refractivity (Wildman–Crippen MR) is 98.9 cm³/mol. The third-order valence-corrected chi connectivity index (χ3v) is 6.23. The number of benzene rings is 1. The van der Waals surface area contributed by atoms with Crippen LogP contribution >= 0.6 is 11.8 Å². The fourth-order valence-corrected chi connectivity index (χ4v) is 4.70. The zero-order valence-corrected chi connectivity index (χ0v) is 14.9. The van der Waals surface area contributed by atoms with Gasteiger partial charge in [0.25, 0.3) is 0 Å². The van der Waals surface area contributed by atoms with E-state index in [-0.39, 0.29) is 11.6 Å². The molecule has 0 bridgehead atoms.